The molecule has 0 unspecified atom stereocenters. The van der Waals surface area contributed by atoms with Gasteiger partial charge in [-0.3, -0.25) is 4.39 Å². The molecule has 1 aromatic carbocycles. The van der Waals surface area contributed by atoms with Crippen LogP contribution in [0.25, 0.3) is 0 Å². The lowest BCUT2D eigenvalue weighted by molar-refractivity contribution is -0.736. The molecule has 0 heterocycles. The number of halogens is 1. The zero-order valence-electron chi connectivity index (χ0n) is 7.37. The molecule has 0 aliphatic rings. The van der Waals surface area contributed by atoms with Crippen molar-refractivity contribution < 1.29 is 14.2 Å². The minimum absolute atomic E-state index is 0.381. The molecule has 0 aliphatic carbocycles. The Balaban J connectivity index is 2.75. The third kappa shape index (κ3) is 2.50. The van der Waals surface area contributed by atoms with Crippen LogP contribution in [-0.2, 0) is 11.3 Å². The second-order valence-electron chi connectivity index (χ2n) is 2.55. The van der Waals surface area contributed by atoms with Crippen LogP contribution in [0, 0.1) is 4.91 Å². The molecule has 1 rings (SSSR count). The van der Waals surface area contributed by atoms with Gasteiger partial charge in [-0.15, -0.1) is 0 Å². The summed E-state index contributed by atoms with van der Waals surface area (Å²) >= 11 is 0. The van der Waals surface area contributed by atoms with Crippen molar-refractivity contribution in [1.82, 2.24) is 0 Å². The third-order valence-electron chi connectivity index (χ3n) is 1.70. The topological polar surface area (TPSA) is 29.3 Å². The van der Waals surface area contributed by atoms with Crippen molar-refractivity contribution in [3.05, 3.63) is 34.7 Å². The van der Waals surface area contributed by atoms with Crippen molar-refractivity contribution in [2.75, 3.05) is 13.8 Å². The molecule has 0 amide bonds. The Morgan fingerprint density at radius 2 is 2.00 bits per heavy atom. The second kappa shape index (κ2) is 4.54. The number of hydrogen-bond donors (Lipinski definition) is 0. The van der Waals surface area contributed by atoms with E-state index in [1.54, 1.807) is 24.3 Å². The minimum atomic E-state index is -0.384. The molecule has 0 aromatic heterocycles. The fourth-order valence-electron chi connectivity index (χ4n) is 0.999. The molecule has 4 heteroatoms. The Labute approximate surface area is 75.7 Å². The van der Waals surface area contributed by atoms with E-state index in [1.165, 1.54) is 7.11 Å². The van der Waals surface area contributed by atoms with E-state index < -0.39 is 0 Å². The van der Waals surface area contributed by atoms with Crippen LogP contribution in [0.15, 0.2) is 24.3 Å². The summed E-state index contributed by atoms with van der Waals surface area (Å²) in [6.07, 6.45) is 0.381. The van der Waals surface area contributed by atoms with Crippen molar-refractivity contribution in [2.24, 2.45) is 0 Å². The maximum absolute atomic E-state index is 11.9. The van der Waals surface area contributed by atoms with Gasteiger partial charge < -0.3 is 0 Å². The Kier molecular flexibility index (Phi) is 3.37. The van der Waals surface area contributed by atoms with Crippen LogP contribution in [0.5, 0.6) is 0 Å². The first-order valence-electron chi connectivity index (χ1n) is 3.94. The largest absolute Gasteiger partial charge is 0.316 e. The molecular weight excluding hydrogens is 173 g/mol. The van der Waals surface area contributed by atoms with Crippen LogP contribution in [-0.4, -0.2) is 18.7 Å². The predicted octanol–water partition coefficient (Wildman–Crippen LogP) is 2.17. The molecule has 0 fully saturated rings. The highest BCUT2D eigenvalue weighted by Crippen LogP contribution is 2.12. The van der Waals surface area contributed by atoms with Gasteiger partial charge in [0, 0.05) is 18.6 Å². The second-order valence-corrected chi connectivity index (χ2v) is 2.55. The van der Waals surface area contributed by atoms with Crippen molar-refractivity contribution in [2.45, 2.75) is 6.42 Å². The number of aryl methyl sites for hydroxylation is 1. The molecular formula is C9H11FNO2+. The van der Waals surface area contributed by atoms with Crippen LogP contribution in [0.3, 0.4) is 0 Å². The lowest BCUT2D eigenvalue weighted by Gasteiger charge is -1.94. The van der Waals surface area contributed by atoms with Crippen LogP contribution < -0.4 is 0 Å². The molecule has 13 heavy (non-hydrogen) atoms. The number of alkyl halides is 1. The molecule has 0 saturated carbocycles. The maximum atomic E-state index is 11.9. The van der Waals surface area contributed by atoms with E-state index in [-0.39, 0.29) is 6.67 Å². The Hall–Kier alpha value is -1.45. The fourth-order valence-corrected chi connectivity index (χ4v) is 0.999. The van der Waals surface area contributed by atoms with Crippen LogP contribution in [0.4, 0.5) is 10.1 Å². The number of rotatable bonds is 4. The highest BCUT2D eigenvalue weighted by atomic mass is 19.1. The normalized spacial score (nSPS) is 9.69. The SMILES string of the molecule is CO[N+](=O)c1ccc(CCF)cc1. The summed E-state index contributed by atoms with van der Waals surface area (Å²) in [6.45, 7) is -0.384. The van der Waals surface area contributed by atoms with Crippen molar-refractivity contribution in [3.63, 3.8) is 0 Å². The molecule has 0 bridgehead atoms. The van der Waals surface area contributed by atoms with E-state index in [0.29, 0.717) is 17.0 Å². The number of hydrogen-bond acceptors (Lipinski definition) is 2. The molecule has 0 radical (unpaired) electrons. The Morgan fingerprint density at radius 3 is 2.46 bits per heavy atom. The third-order valence-corrected chi connectivity index (χ3v) is 1.70. The summed E-state index contributed by atoms with van der Waals surface area (Å²) in [7, 11) is 1.29. The van der Waals surface area contributed by atoms with Gasteiger partial charge in [0.05, 0.1) is 11.6 Å². The zero-order chi connectivity index (χ0) is 9.68. The first-order valence-corrected chi connectivity index (χ1v) is 3.94. The van der Waals surface area contributed by atoms with Gasteiger partial charge in [-0.1, -0.05) is 12.1 Å². The summed E-state index contributed by atoms with van der Waals surface area (Å²) in [5.74, 6) is 0. The average Bonchev–Trinajstić information content (AvgIpc) is 2.18. The van der Waals surface area contributed by atoms with E-state index in [9.17, 15) is 9.30 Å². The minimum Gasteiger partial charge on any atom is -0.251 e. The van der Waals surface area contributed by atoms with E-state index in [2.05, 4.69) is 4.84 Å². The van der Waals surface area contributed by atoms with E-state index in [0.717, 1.165) is 5.56 Å². The van der Waals surface area contributed by atoms with Crippen LogP contribution in [0.1, 0.15) is 5.56 Å². The average molecular weight is 184 g/mol. The van der Waals surface area contributed by atoms with Gasteiger partial charge in [0.1, 0.15) is 0 Å². The maximum Gasteiger partial charge on any atom is 0.316 e. The van der Waals surface area contributed by atoms with Gasteiger partial charge in [-0.2, -0.15) is 0 Å². The standard InChI is InChI=1S/C9H11FNO2/c1-13-11(12)9-4-2-8(3-5-9)6-7-10/h2-5H,6-7H2,1H3/q+1. The lowest BCUT2D eigenvalue weighted by atomic mass is 10.1. The zero-order valence-corrected chi connectivity index (χ0v) is 7.37. The first-order chi connectivity index (χ1) is 6.27. The fraction of sp³-hybridized carbons (Fsp3) is 0.333. The van der Waals surface area contributed by atoms with Crippen molar-refractivity contribution >= 4 is 5.69 Å². The Morgan fingerprint density at radius 1 is 1.38 bits per heavy atom. The van der Waals surface area contributed by atoms with Crippen LogP contribution in [0.2, 0.25) is 0 Å². The Bertz CT molecular complexity index is 284. The summed E-state index contributed by atoms with van der Waals surface area (Å²) in [4.78, 5) is 15.7. The molecule has 0 N–H and O–H groups in total. The van der Waals surface area contributed by atoms with Crippen LogP contribution >= 0.6 is 0 Å². The van der Waals surface area contributed by atoms with Crippen molar-refractivity contribution in [1.29, 1.82) is 0 Å². The molecule has 1 aromatic rings. The van der Waals surface area contributed by atoms with Gasteiger partial charge in [-0.05, 0) is 5.56 Å². The van der Waals surface area contributed by atoms with E-state index >= 15 is 0 Å². The molecule has 0 aliphatic heterocycles. The molecule has 0 spiro atoms. The summed E-state index contributed by atoms with van der Waals surface area (Å²) in [5.41, 5.74) is 1.28. The quantitative estimate of drug-likeness (QED) is 0.671. The lowest BCUT2D eigenvalue weighted by Crippen LogP contribution is -1.97. The van der Waals surface area contributed by atoms with E-state index in [4.69, 9.17) is 0 Å². The number of benzene rings is 1. The van der Waals surface area contributed by atoms with Gasteiger partial charge in [-0.25, -0.2) is 4.84 Å². The van der Waals surface area contributed by atoms with Gasteiger partial charge in [0.2, 0.25) is 0 Å². The molecule has 0 saturated heterocycles. The van der Waals surface area contributed by atoms with Gasteiger partial charge in [0.15, 0.2) is 7.11 Å². The smallest absolute Gasteiger partial charge is 0.251 e. The predicted molar refractivity (Wildman–Crippen MR) is 46.4 cm³/mol. The van der Waals surface area contributed by atoms with Crippen molar-refractivity contribution in [3.8, 4) is 0 Å². The molecule has 0 atom stereocenters. The van der Waals surface area contributed by atoms with Gasteiger partial charge >= 0.3 is 5.69 Å². The molecule has 3 nitrogen and oxygen atoms in total. The number of nitrogens with zero attached hydrogens (tertiary/aromatic N) is 1. The van der Waals surface area contributed by atoms with Gasteiger partial charge in [0.25, 0.3) is 4.92 Å². The van der Waals surface area contributed by atoms with E-state index in [1.807, 2.05) is 0 Å². The highest BCUT2D eigenvalue weighted by Gasteiger charge is 2.12. The molecule has 70 valence electrons. The summed E-state index contributed by atoms with van der Waals surface area (Å²) in [5, 5.41) is 0. The summed E-state index contributed by atoms with van der Waals surface area (Å²) in [6, 6.07) is 6.61. The first kappa shape index (κ1) is 9.64. The highest BCUT2D eigenvalue weighted by molar-refractivity contribution is 5.32. The summed E-state index contributed by atoms with van der Waals surface area (Å²) < 4.78 is 11.9. The monoisotopic (exact) mass is 184 g/mol.